The van der Waals surface area contributed by atoms with Crippen molar-refractivity contribution in [3.05, 3.63) is 29.3 Å². The van der Waals surface area contributed by atoms with Crippen LogP contribution in [0.4, 0.5) is 5.69 Å². The number of rotatable bonds is 7. The van der Waals surface area contributed by atoms with Crippen molar-refractivity contribution in [2.75, 3.05) is 11.1 Å². The van der Waals surface area contributed by atoms with Gasteiger partial charge in [-0.3, -0.25) is 9.59 Å². The van der Waals surface area contributed by atoms with Crippen LogP contribution in [-0.2, 0) is 9.59 Å². The minimum absolute atomic E-state index is 0.0894. The maximum atomic E-state index is 12.3. The normalized spacial score (nSPS) is 12.0. The highest BCUT2D eigenvalue weighted by molar-refractivity contribution is 8.04. The number of benzene rings is 1. The number of nitrogens with two attached hydrogens (primary N) is 1. The fraction of sp³-hybridized carbons (Fsp3) is 0.333. The highest BCUT2D eigenvalue weighted by Crippen LogP contribution is 2.31. The summed E-state index contributed by atoms with van der Waals surface area (Å²) >= 11 is 3.93. The quantitative estimate of drug-likeness (QED) is 0.715. The first-order valence-corrected chi connectivity index (χ1v) is 9.82. The molecule has 2 amide bonds. The lowest BCUT2D eigenvalue weighted by Crippen LogP contribution is -2.22. The van der Waals surface area contributed by atoms with E-state index in [0.717, 1.165) is 16.8 Å². The first kappa shape index (κ1) is 18.8. The van der Waals surface area contributed by atoms with Gasteiger partial charge in [-0.25, -0.2) is 0 Å². The van der Waals surface area contributed by atoms with E-state index in [4.69, 9.17) is 5.73 Å². The summed E-state index contributed by atoms with van der Waals surface area (Å²) in [6, 6.07) is 5.90. The van der Waals surface area contributed by atoms with Crippen LogP contribution in [0, 0.1) is 13.8 Å². The predicted molar refractivity (Wildman–Crippen MR) is 99.7 cm³/mol. The molecule has 0 spiro atoms. The van der Waals surface area contributed by atoms with Crippen molar-refractivity contribution in [1.29, 1.82) is 0 Å². The summed E-state index contributed by atoms with van der Waals surface area (Å²) in [5.41, 5.74) is 8.10. The molecule has 24 heavy (non-hydrogen) atoms. The van der Waals surface area contributed by atoms with E-state index in [-0.39, 0.29) is 16.9 Å². The first-order chi connectivity index (χ1) is 11.3. The maximum Gasteiger partial charge on any atom is 0.237 e. The van der Waals surface area contributed by atoms with Gasteiger partial charge in [0.1, 0.15) is 0 Å². The van der Waals surface area contributed by atoms with Crippen LogP contribution in [0.3, 0.4) is 0 Å². The Morgan fingerprint density at radius 1 is 1.29 bits per heavy atom. The second kappa shape index (κ2) is 8.50. The molecule has 0 aliphatic rings. The van der Waals surface area contributed by atoms with E-state index in [2.05, 4.69) is 15.5 Å². The summed E-state index contributed by atoms with van der Waals surface area (Å²) in [7, 11) is 0. The second-order valence-corrected chi connectivity index (χ2v) is 8.94. The first-order valence-electron chi connectivity index (χ1n) is 7.14. The van der Waals surface area contributed by atoms with Crippen molar-refractivity contribution < 1.29 is 9.59 Å². The van der Waals surface area contributed by atoms with Gasteiger partial charge in [0.05, 0.1) is 11.0 Å². The molecule has 0 unspecified atom stereocenters. The molecule has 6 nitrogen and oxygen atoms in total. The number of thioether (sulfide) groups is 2. The zero-order valence-corrected chi connectivity index (χ0v) is 16.0. The molecular formula is C15H18N4O2S3. The monoisotopic (exact) mass is 382 g/mol. The van der Waals surface area contributed by atoms with Gasteiger partial charge in [0.2, 0.25) is 11.8 Å². The molecule has 1 aromatic carbocycles. The van der Waals surface area contributed by atoms with Crippen LogP contribution < -0.4 is 11.1 Å². The number of anilines is 1. The third-order valence-corrected chi connectivity index (χ3v) is 6.28. The molecule has 1 aromatic heterocycles. The third kappa shape index (κ3) is 5.50. The molecule has 0 aliphatic heterocycles. The minimum atomic E-state index is -0.398. The van der Waals surface area contributed by atoms with Gasteiger partial charge in [0.15, 0.2) is 8.68 Å². The zero-order chi connectivity index (χ0) is 17.7. The van der Waals surface area contributed by atoms with Crippen molar-refractivity contribution >= 4 is 52.4 Å². The fourth-order valence-corrected chi connectivity index (χ4v) is 4.73. The standard InChI is InChI=1S/C15H18N4O2S3/c1-8-4-5-11(9(2)6-8)17-13(21)10(3)23-15-19-18-14(24-15)22-7-12(16)20/h4-6,10H,7H2,1-3H3,(H2,16,20)(H,17,21)/t10-/m0/s1. The number of primary amides is 1. The van der Waals surface area contributed by atoms with Gasteiger partial charge < -0.3 is 11.1 Å². The Labute approximate surface area is 153 Å². The highest BCUT2D eigenvalue weighted by atomic mass is 32.2. The van der Waals surface area contributed by atoms with E-state index >= 15 is 0 Å². The van der Waals surface area contributed by atoms with Crippen LogP contribution in [0.2, 0.25) is 0 Å². The number of aromatic nitrogens is 2. The molecule has 1 atom stereocenters. The molecule has 0 aliphatic carbocycles. The summed E-state index contributed by atoms with van der Waals surface area (Å²) < 4.78 is 1.35. The largest absolute Gasteiger partial charge is 0.369 e. The molecule has 0 saturated carbocycles. The van der Waals surface area contributed by atoms with Gasteiger partial charge in [-0.2, -0.15) is 0 Å². The zero-order valence-electron chi connectivity index (χ0n) is 13.5. The summed E-state index contributed by atoms with van der Waals surface area (Å²) in [5, 5.41) is 10.6. The smallest absolute Gasteiger partial charge is 0.237 e. The summed E-state index contributed by atoms with van der Waals surface area (Å²) in [4.78, 5) is 23.1. The Bertz CT molecular complexity index is 748. The summed E-state index contributed by atoms with van der Waals surface area (Å²) in [5.74, 6) is -0.318. The number of aryl methyl sites for hydroxylation is 2. The number of hydrogen-bond donors (Lipinski definition) is 2. The van der Waals surface area contributed by atoms with Gasteiger partial charge in [-0.05, 0) is 32.4 Å². The minimum Gasteiger partial charge on any atom is -0.369 e. The molecule has 1 heterocycles. The van der Waals surface area contributed by atoms with E-state index in [0.29, 0.717) is 8.68 Å². The Morgan fingerprint density at radius 2 is 2.00 bits per heavy atom. The highest BCUT2D eigenvalue weighted by Gasteiger charge is 2.18. The SMILES string of the molecule is Cc1ccc(NC(=O)[C@H](C)Sc2nnc(SCC(N)=O)s2)c(C)c1. The van der Waals surface area contributed by atoms with Crippen LogP contribution in [0.5, 0.6) is 0 Å². The van der Waals surface area contributed by atoms with E-state index in [9.17, 15) is 9.59 Å². The number of amides is 2. The molecule has 128 valence electrons. The van der Waals surface area contributed by atoms with Crippen molar-refractivity contribution in [3.8, 4) is 0 Å². The Balaban J connectivity index is 1.92. The molecule has 0 saturated heterocycles. The third-order valence-electron chi connectivity index (χ3n) is 3.01. The topological polar surface area (TPSA) is 98.0 Å². The molecule has 2 rings (SSSR count). The fourth-order valence-electron chi connectivity index (χ4n) is 1.83. The van der Waals surface area contributed by atoms with Gasteiger partial charge in [-0.1, -0.05) is 52.6 Å². The second-order valence-electron chi connectivity index (χ2n) is 5.16. The van der Waals surface area contributed by atoms with E-state index in [1.807, 2.05) is 39.0 Å². The molecule has 0 radical (unpaired) electrons. The number of nitrogens with one attached hydrogen (secondary N) is 1. The molecule has 2 aromatic rings. The number of carbonyl (C=O) groups excluding carboxylic acids is 2. The maximum absolute atomic E-state index is 12.3. The lowest BCUT2D eigenvalue weighted by Gasteiger charge is -2.12. The average molecular weight is 383 g/mol. The van der Waals surface area contributed by atoms with Crippen LogP contribution in [0.25, 0.3) is 0 Å². The molecule has 9 heteroatoms. The Morgan fingerprint density at radius 3 is 2.67 bits per heavy atom. The van der Waals surface area contributed by atoms with E-state index in [1.54, 1.807) is 0 Å². The van der Waals surface area contributed by atoms with Gasteiger partial charge >= 0.3 is 0 Å². The van der Waals surface area contributed by atoms with Gasteiger partial charge in [0.25, 0.3) is 0 Å². The van der Waals surface area contributed by atoms with Crippen molar-refractivity contribution in [1.82, 2.24) is 10.2 Å². The summed E-state index contributed by atoms with van der Waals surface area (Å²) in [6.45, 7) is 5.80. The van der Waals surface area contributed by atoms with Crippen LogP contribution in [0.15, 0.2) is 26.9 Å². The average Bonchev–Trinajstić information content (AvgIpc) is 2.95. The number of carbonyl (C=O) groups is 2. The molecular weight excluding hydrogens is 364 g/mol. The van der Waals surface area contributed by atoms with Crippen LogP contribution >= 0.6 is 34.9 Å². The molecule has 0 bridgehead atoms. The van der Waals surface area contributed by atoms with Gasteiger partial charge in [-0.15, -0.1) is 10.2 Å². The Hall–Kier alpha value is -1.58. The lowest BCUT2D eigenvalue weighted by atomic mass is 10.1. The van der Waals surface area contributed by atoms with Crippen LogP contribution in [-0.4, -0.2) is 33.0 Å². The molecule has 3 N–H and O–H groups in total. The van der Waals surface area contributed by atoms with E-state index in [1.165, 1.54) is 34.9 Å². The van der Waals surface area contributed by atoms with Crippen molar-refractivity contribution in [2.24, 2.45) is 5.73 Å². The Kier molecular flexibility index (Phi) is 6.64. The molecule has 0 fully saturated rings. The lowest BCUT2D eigenvalue weighted by molar-refractivity contribution is -0.116. The predicted octanol–water partition coefficient (Wildman–Crippen LogP) is 2.85. The summed E-state index contributed by atoms with van der Waals surface area (Å²) in [6.07, 6.45) is 0. The van der Waals surface area contributed by atoms with Crippen molar-refractivity contribution in [2.45, 2.75) is 34.7 Å². The number of hydrogen-bond acceptors (Lipinski definition) is 7. The van der Waals surface area contributed by atoms with Crippen molar-refractivity contribution in [3.63, 3.8) is 0 Å². The van der Waals surface area contributed by atoms with E-state index < -0.39 is 5.91 Å². The van der Waals surface area contributed by atoms with Gasteiger partial charge in [0, 0.05) is 5.69 Å². The number of nitrogens with zero attached hydrogens (tertiary/aromatic N) is 2. The van der Waals surface area contributed by atoms with Crippen LogP contribution in [0.1, 0.15) is 18.1 Å².